The highest BCUT2D eigenvalue weighted by Crippen LogP contribution is 2.24. The van der Waals surface area contributed by atoms with Crippen molar-refractivity contribution in [3.63, 3.8) is 0 Å². The second kappa shape index (κ2) is 6.70. The number of hydrogen-bond acceptors (Lipinski definition) is 4. The maximum Gasteiger partial charge on any atom is 0.230 e. The van der Waals surface area contributed by atoms with Crippen molar-refractivity contribution < 1.29 is 9.90 Å². The highest BCUT2D eigenvalue weighted by Gasteiger charge is 2.27. The molecular formula is C10H16N2O2S. The van der Waals surface area contributed by atoms with Crippen LogP contribution in [-0.2, 0) is 4.79 Å². The summed E-state index contributed by atoms with van der Waals surface area (Å²) in [4.78, 5) is 11.4. The predicted molar refractivity (Wildman–Crippen MR) is 59.3 cm³/mol. The quantitative estimate of drug-likeness (QED) is 0.673. The van der Waals surface area contributed by atoms with Gasteiger partial charge in [-0.15, -0.1) is 11.8 Å². The summed E-state index contributed by atoms with van der Waals surface area (Å²) >= 11 is 1.32. The monoisotopic (exact) mass is 228 g/mol. The van der Waals surface area contributed by atoms with E-state index in [0.717, 1.165) is 19.3 Å². The molecular weight excluding hydrogens is 212 g/mol. The van der Waals surface area contributed by atoms with Gasteiger partial charge in [-0.05, 0) is 12.8 Å². The molecule has 84 valence electrons. The Hall–Kier alpha value is -0.730. The molecule has 1 aliphatic carbocycles. The standard InChI is InChI=1S/C10H16N2O2S/c11-4-5-15-7-10(14)12-9-3-1-2-8(9)6-13/h8-9,13H,1-3,5-7H2,(H,12,14). The van der Waals surface area contributed by atoms with E-state index in [1.807, 2.05) is 6.07 Å². The van der Waals surface area contributed by atoms with Crippen LogP contribution in [0, 0.1) is 17.2 Å². The average molecular weight is 228 g/mol. The minimum atomic E-state index is -0.0272. The van der Waals surface area contributed by atoms with Gasteiger partial charge >= 0.3 is 0 Å². The molecule has 0 aliphatic heterocycles. The second-order valence-electron chi connectivity index (χ2n) is 3.70. The summed E-state index contributed by atoms with van der Waals surface area (Å²) in [6.45, 7) is 0.149. The molecule has 1 saturated carbocycles. The van der Waals surface area contributed by atoms with Crippen molar-refractivity contribution in [2.75, 3.05) is 18.1 Å². The zero-order valence-corrected chi connectivity index (χ0v) is 9.42. The molecule has 15 heavy (non-hydrogen) atoms. The van der Waals surface area contributed by atoms with Gasteiger partial charge in [0.1, 0.15) is 0 Å². The molecule has 2 N–H and O–H groups in total. The zero-order valence-electron chi connectivity index (χ0n) is 8.61. The van der Waals surface area contributed by atoms with Crippen LogP contribution in [0.15, 0.2) is 0 Å². The third-order valence-electron chi connectivity index (χ3n) is 2.64. The first-order chi connectivity index (χ1) is 7.27. The van der Waals surface area contributed by atoms with Gasteiger partial charge in [-0.2, -0.15) is 5.26 Å². The van der Waals surface area contributed by atoms with Gasteiger partial charge in [0, 0.05) is 18.6 Å². The van der Waals surface area contributed by atoms with Gasteiger partial charge in [-0.3, -0.25) is 4.79 Å². The average Bonchev–Trinajstić information content (AvgIpc) is 2.65. The normalized spacial score (nSPS) is 24.8. The van der Waals surface area contributed by atoms with Crippen LogP contribution in [0.4, 0.5) is 0 Å². The van der Waals surface area contributed by atoms with Crippen molar-refractivity contribution in [1.82, 2.24) is 5.32 Å². The number of aliphatic hydroxyl groups excluding tert-OH is 1. The molecule has 2 atom stereocenters. The highest BCUT2D eigenvalue weighted by molar-refractivity contribution is 8.00. The smallest absolute Gasteiger partial charge is 0.230 e. The Labute approximate surface area is 94.0 Å². The Bertz CT molecular complexity index is 252. The highest BCUT2D eigenvalue weighted by atomic mass is 32.2. The molecule has 2 unspecified atom stereocenters. The molecule has 0 heterocycles. The summed E-state index contributed by atoms with van der Waals surface area (Å²) in [5.74, 6) is 0.875. The van der Waals surface area contributed by atoms with Crippen LogP contribution in [0.3, 0.4) is 0 Å². The van der Waals surface area contributed by atoms with E-state index in [1.165, 1.54) is 11.8 Å². The van der Waals surface area contributed by atoms with Crippen LogP contribution in [0.1, 0.15) is 19.3 Å². The fourth-order valence-electron chi connectivity index (χ4n) is 1.88. The van der Waals surface area contributed by atoms with Crippen molar-refractivity contribution in [2.24, 2.45) is 5.92 Å². The topological polar surface area (TPSA) is 73.1 Å². The fraction of sp³-hybridized carbons (Fsp3) is 0.800. The van der Waals surface area contributed by atoms with E-state index in [2.05, 4.69) is 5.32 Å². The lowest BCUT2D eigenvalue weighted by molar-refractivity contribution is -0.119. The maximum absolute atomic E-state index is 11.4. The Morgan fingerprint density at radius 2 is 2.40 bits per heavy atom. The number of thioether (sulfide) groups is 1. The van der Waals surface area contributed by atoms with Crippen LogP contribution in [-0.4, -0.2) is 35.2 Å². The largest absolute Gasteiger partial charge is 0.396 e. The molecule has 0 aromatic carbocycles. The SMILES string of the molecule is N#CCSCC(=O)NC1CCCC1CO. The molecule has 1 fully saturated rings. The van der Waals surface area contributed by atoms with E-state index >= 15 is 0 Å². The molecule has 0 aromatic rings. The molecule has 5 heteroatoms. The van der Waals surface area contributed by atoms with E-state index in [9.17, 15) is 4.79 Å². The Kier molecular flexibility index (Phi) is 5.51. The van der Waals surface area contributed by atoms with Crippen molar-refractivity contribution >= 4 is 17.7 Å². The van der Waals surface area contributed by atoms with E-state index < -0.39 is 0 Å². The first-order valence-electron chi connectivity index (χ1n) is 5.13. The van der Waals surface area contributed by atoms with Gasteiger partial charge in [0.05, 0.1) is 17.6 Å². The first kappa shape index (κ1) is 12.3. The number of nitrogens with zero attached hydrogens (tertiary/aromatic N) is 1. The molecule has 0 aromatic heterocycles. The number of nitrogens with one attached hydrogen (secondary N) is 1. The summed E-state index contributed by atoms with van der Waals surface area (Å²) in [5.41, 5.74) is 0. The molecule has 1 aliphatic rings. The Morgan fingerprint density at radius 3 is 3.07 bits per heavy atom. The third kappa shape index (κ3) is 4.10. The van der Waals surface area contributed by atoms with E-state index in [-0.39, 0.29) is 24.5 Å². The molecule has 0 bridgehead atoms. The zero-order chi connectivity index (χ0) is 11.1. The van der Waals surface area contributed by atoms with E-state index in [0.29, 0.717) is 11.5 Å². The Morgan fingerprint density at radius 1 is 1.60 bits per heavy atom. The van der Waals surface area contributed by atoms with Crippen molar-refractivity contribution in [3.05, 3.63) is 0 Å². The van der Waals surface area contributed by atoms with Crippen molar-refractivity contribution in [1.29, 1.82) is 5.26 Å². The number of nitriles is 1. The van der Waals surface area contributed by atoms with Crippen LogP contribution in [0.2, 0.25) is 0 Å². The minimum absolute atomic E-state index is 0.0272. The van der Waals surface area contributed by atoms with Crippen LogP contribution in [0.5, 0.6) is 0 Å². The van der Waals surface area contributed by atoms with Gasteiger partial charge < -0.3 is 10.4 Å². The van der Waals surface area contributed by atoms with E-state index in [4.69, 9.17) is 10.4 Å². The van der Waals surface area contributed by atoms with Crippen LogP contribution in [0.25, 0.3) is 0 Å². The summed E-state index contributed by atoms with van der Waals surface area (Å²) in [6.07, 6.45) is 3.02. The number of carbonyl (C=O) groups is 1. The van der Waals surface area contributed by atoms with Crippen LogP contribution >= 0.6 is 11.8 Å². The molecule has 0 saturated heterocycles. The number of carbonyl (C=O) groups excluding carboxylic acids is 1. The molecule has 1 amide bonds. The lowest BCUT2D eigenvalue weighted by atomic mass is 10.1. The first-order valence-corrected chi connectivity index (χ1v) is 6.28. The summed E-state index contributed by atoms with van der Waals surface area (Å²) in [7, 11) is 0. The summed E-state index contributed by atoms with van der Waals surface area (Å²) < 4.78 is 0. The van der Waals surface area contributed by atoms with E-state index in [1.54, 1.807) is 0 Å². The number of aliphatic hydroxyl groups is 1. The Balaban J connectivity index is 2.22. The van der Waals surface area contributed by atoms with Gasteiger partial charge in [-0.1, -0.05) is 6.42 Å². The molecule has 0 spiro atoms. The maximum atomic E-state index is 11.4. The van der Waals surface area contributed by atoms with Crippen molar-refractivity contribution in [3.8, 4) is 6.07 Å². The lowest BCUT2D eigenvalue weighted by Crippen LogP contribution is -2.39. The minimum Gasteiger partial charge on any atom is -0.396 e. The number of rotatable bonds is 5. The number of hydrogen-bond donors (Lipinski definition) is 2. The van der Waals surface area contributed by atoms with Gasteiger partial charge in [0.25, 0.3) is 0 Å². The summed E-state index contributed by atoms with van der Waals surface area (Å²) in [6, 6.07) is 2.11. The predicted octanol–water partition coefficient (Wildman–Crippen LogP) is 0.520. The fourth-order valence-corrected chi connectivity index (χ4v) is 2.35. The molecule has 1 rings (SSSR count). The van der Waals surface area contributed by atoms with Crippen LogP contribution < -0.4 is 5.32 Å². The molecule has 0 radical (unpaired) electrons. The third-order valence-corrected chi connectivity index (χ3v) is 3.44. The van der Waals surface area contributed by atoms with Crippen molar-refractivity contribution in [2.45, 2.75) is 25.3 Å². The second-order valence-corrected chi connectivity index (χ2v) is 4.68. The molecule has 4 nitrogen and oxygen atoms in total. The van der Waals surface area contributed by atoms with Gasteiger partial charge in [0.15, 0.2) is 0 Å². The summed E-state index contributed by atoms with van der Waals surface area (Å²) in [5, 5.41) is 20.3. The lowest BCUT2D eigenvalue weighted by Gasteiger charge is -2.18. The number of amides is 1. The van der Waals surface area contributed by atoms with Gasteiger partial charge in [0.2, 0.25) is 5.91 Å². The van der Waals surface area contributed by atoms with Gasteiger partial charge in [-0.25, -0.2) is 0 Å².